The van der Waals surface area contributed by atoms with E-state index in [0.717, 1.165) is 28.2 Å². The molecule has 0 aliphatic carbocycles. The van der Waals surface area contributed by atoms with Gasteiger partial charge in [-0.2, -0.15) is 5.10 Å². The maximum Gasteiger partial charge on any atom is 0.329 e. The maximum atomic E-state index is 12.0. The Hall–Kier alpha value is -3.67. The second kappa shape index (κ2) is 8.78. The standard InChI is InChI=1S/C24H26N4O2/c1-15-6-9-21(10-7-15)26-23(29)24(30)27-25-14-20-13-18(4)28(19(20)5)22-11-8-16(2)17(3)12-22/h6-14H,1-5H3,(H,26,29)(H,27,30)/b25-14-. The molecule has 2 aromatic carbocycles. The van der Waals surface area contributed by atoms with E-state index < -0.39 is 11.8 Å². The van der Waals surface area contributed by atoms with E-state index in [9.17, 15) is 9.59 Å². The summed E-state index contributed by atoms with van der Waals surface area (Å²) in [7, 11) is 0. The summed E-state index contributed by atoms with van der Waals surface area (Å²) in [5.74, 6) is -1.59. The summed E-state index contributed by atoms with van der Waals surface area (Å²) >= 11 is 0. The van der Waals surface area contributed by atoms with Gasteiger partial charge in [0.25, 0.3) is 0 Å². The second-order valence-corrected chi connectivity index (χ2v) is 7.45. The fourth-order valence-electron chi connectivity index (χ4n) is 3.22. The first-order valence-electron chi connectivity index (χ1n) is 9.74. The number of benzene rings is 2. The molecule has 6 nitrogen and oxygen atoms in total. The highest BCUT2D eigenvalue weighted by atomic mass is 16.2. The zero-order chi connectivity index (χ0) is 21.8. The second-order valence-electron chi connectivity index (χ2n) is 7.45. The van der Waals surface area contributed by atoms with Crippen LogP contribution in [0.2, 0.25) is 0 Å². The van der Waals surface area contributed by atoms with Crippen LogP contribution >= 0.6 is 0 Å². The van der Waals surface area contributed by atoms with Crippen LogP contribution in [-0.4, -0.2) is 22.6 Å². The van der Waals surface area contributed by atoms with Crippen molar-refractivity contribution in [2.45, 2.75) is 34.6 Å². The maximum absolute atomic E-state index is 12.0. The molecule has 0 aliphatic heterocycles. The Morgan fingerprint density at radius 3 is 2.23 bits per heavy atom. The Morgan fingerprint density at radius 1 is 0.867 bits per heavy atom. The van der Waals surface area contributed by atoms with Gasteiger partial charge in [0.05, 0.1) is 6.21 Å². The van der Waals surface area contributed by atoms with Gasteiger partial charge in [-0.05, 0) is 76.1 Å². The number of carbonyl (C=O) groups is 2. The number of aryl methyl sites for hydroxylation is 4. The van der Waals surface area contributed by atoms with E-state index in [2.05, 4.69) is 52.5 Å². The minimum Gasteiger partial charge on any atom is -0.318 e. The molecule has 1 heterocycles. The predicted molar refractivity (Wildman–Crippen MR) is 120 cm³/mol. The van der Waals surface area contributed by atoms with E-state index in [1.807, 2.05) is 39.0 Å². The van der Waals surface area contributed by atoms with Crippen LogP contribution < -0.4 is 10.7 Å². The summed E-state index contributed by atoms with van der Waals surface area (Å²) in [4.78, 5) is 24.0. The van der Waals surface area contributed by atoms with Gasteiger partial charge in [-0.1, -0.05) is 23.8 Å². The van der Waals surface area contributed by atoms with Gasteiger partial charge >= 0.3 is 11.8 Å². The van der Waals surface area contributed by atoms with E-state index in [0.29, 0.717) is 5.69 Å². The summed E-state index contributed by atoms with van der Waals surface area (Å²) in [6, 6.07) is 15.5. The molecule has 0 saturated carbocycles. The molecule has 0 spiro atoms. The van der Waals surface area contributed by atoms with Crippen LogP contribution in [0.25, 0.3) is 5.69 Å². The van der Waals surface area contributed by atoms with E-state index >= 15 is 0 Å². The van der Waals surface area contributed by atoms with Crippen LogP contribution in [0.5, 0.6) is 0 Å². The highest BCUT2D eigenvalue weighted by Crippen LogP contribution is 2.21. The van der Waals surface area contributed by atoms with Crippen molar-refractivity contribution in [1.29, 1.82) is 0 Å². The molecule has 1 aromatic heterocycles. The number of nitrogens with zero attached hydrogens (tertiary/aromatic N) is 2. The lowest BCUT2D eigenvalue weighted by Crippen LogP contribution is -2.32. The minimum absolute atomic E-state index is 0.557. The summed E-state index contributed by atoms with van der Waals surface area (Å²) in [6.07, 6.45) is 1.55. The third kappa shape index (κ3) is 4.66. The predicted octanol–water partition coefficient (Wildman–Crippen LogP) is 4.11. The Bertz CT molecular complexity index is 1120. The van der Waals surface area contributed by atoms with Gasteiger partial charge < -0.3 is 9.88 Å². The van der Waals surface area contributed by atoms with Crippen molar-refractivity contribution in [3.8, 4) is 5.69 Å². The summed E-state index contributed by atoms with van der Waals surface area (Å²) in [6.45, 7) is 10.1. The van der Waals surface area contributed by atoms with Crippen LogP contribution in [0.15, 0.2) is 53.6 Å². The van der Waals surface area contributed by atoms with Gasteiger partial charge in [0, 0.05) is 28.3 Å². The van der Waals surface area contributed by atoms with Crippen molar-refractivity contribution in [3.05, 3.63) is 82.2 Å². The highest BCUT2D eigenvalue weighted by Gasteiger charge is 2.13. The lowest BCUT2D eigenvalue weighted by Gasteiger charge is -2.11. The molecular weight excluding hydrogens is 376 g/mol. The first-order chi connectivity index (χ1) is 14.3. The van der Waals surface area contributed by atoms with Crippen molar-refractivity contribution in [2.24, 2.45) is 5.10 Å². The number of anilines is 1. The van der Waals surface area contributed by atoms with Crippen LogP contribution in [0.3, 0.4) is 0 Å². The molecule has 2 amide bonds. The molecule has 6 heteroatoms. The van der Waals surface area contributed by atoms with E-state index in [-0.39, 0.29) is 0 Å². The fraction of sp³-hybridized carbons (Fsp3) is 0.208. The first kappa shape index (κ1) is 21.0. The smallest absolute Gasteiger partial charge is 0.318 e. The molecule has 0 bridgehead atoms. The average Bonchev–Trinajstić information content (AvgIpc) is 2.99. The van der Waals surface area contributed by atoms with Gasteiger partial charge in [0.1, 0.15) is 0 Å². The number of rotatable bonds is 4. The van der Waals surface area contributed by atoms with Crippen LogP contribution in [0, 0.1) is 34.6 Å². The summed E-state index contributed by atoms with van der Waals surface area (Å²) in [5, 5.41) is 6.50. The fourth-order valence-corrected chi connectivity index (χ4v) is 3.22. The first-order valence-corrected chi connectivity index (χ1v) is 9.74. The van der Waals surface area contributed by atoms with Crippen molar-refractivity contribution in [3.63, 3.8) is 0 Å². The topological polar surface area (TPSA) is 75.5 Å². The third-order valence-electron chi connectivity index (χ3n) is 5.10. The quantitative estimate of drug-likeness (QED) is 0.391. The largest absolute Gasteiger partial charge is 0.329 e. The average molecular weight is 402 g/mol. The SMILES string of the molecule is Cc1ccc(NC(=O)C(=O)N/N=C\c2cc(C)n(-c3ccc(C)c(C)c3)c2C)cc1. The monoisotopic (exact) mass is 402 g/mol. The molecule has 30 heavy (non-hydrogen) atoms. The molecule has 0 saturated heterocycles. The van der Waals surface area contributed by atoms with Crippen LogP contribution in [-0.2, 0) is 9.59 Å². The Balaban J connectivity index is 1.69. The summed E-state index contributed by atoms with van der Waals surface area (Å²) < 4.78 is 2.14. The number of hydrogen-bond acceptors (Lipinski definition) is 3. The molecule has 0 atom stereocenters. The Labute approximate surface area is 176 Å². The minimum atomic E-state index is -0.824. The van der Waals surface area contributed by atoms with Crippen molar-refractivity contribution < 1.29 is 9.59 Å². The summed E-state index contributed by atoms with van der Waals surface area (Å²) in [5.41, 5.74) is 10.4. The van der Waals surface area contributed by atoms with E-state index in [1.165, 1.54) is 11.1 Å². The number of amides is 2. The number of carbonyl (C=O) groups excluding carboxylic acids is 2. The molecular formula is C24H26N4O2. The number of aromatic nitrogens is 1. The van der Waals surface area contributed by atoms with Gasteiger partial charge in [-0.25, -0.2) is 5.43 Å². The lowest BCUT2D eigenvalue weighted by molar-refractivity contribution is -0.136. The molecule has 3 rings (SSSR count). The zero-order valence-electron chi connectivity index (χ0n) is 17.9. The molecule has 3 aromatic rings. The normalized spacial score (nSPS) is 11.0. The molecule has 0 unspecified atom stereocenters. The van der Waals surface area contributed by atoms with Gasteiger partial charge in [0.15, 0.2) is 0 Å². The Kier molecular flexibility index (Phi) is 6.16. The zero-order valence-corrected chi connectivity index (χ0v) is 17.9. The van der Waals surface area contributed by atoms with Crippen LogP contribution in [0.1, 0.15) is 33.6 Å². The van der Waals surface area contributed by atoms with Crippen molar-refractivity contribution in [1.82, 2.24) is 9.99 Å². The molecule has 2 N–H and O–H groups in total. The van der Waals surface area contributed by atoms with E-state index in [1.54, 1.807) is 18.3 Å². The van der Waals surface area contributed by atoms with Crippen molar-refractivity contribution >= 4 is 23.7 Å². The molecule has 0 fully saturated rings. The van der Waals surface area contributed by atoms with E-state index in [4.69, 9.17) is 0 Å². The third-order valence-corrected chi connectivity index (χ3v) is 5.10. The molecule has 0 aliphatic rings. The van der Waals surface area contributed by atoms with Gasteiger partial charge in [-0.3, -0.25) is 9.59 Å². The molecule has 0 radical (unpaired) electrons. The number of nitrogens with one attached hydrogen (secondary N) is 2. The van der Waals surface area contributed by atoms with Gasteiger partial charge in [-0.15, -0.1) is 0 Å². The van der Waals surface area contributed by atoms with Gasteiger partial charge in [0.2, 0.25) is 0 Å². The van der Waals surface area contributed by atoms with Crippen LogP contribution in [0.4, 0.5) is 5.69 Å². The number of hydrazone groups is 1. The Morgan fingerprint density at radius 2 is 1.57 bits per heavy atom. The molecule has 154 valence electrons. The highest BCUT2D eigenvalue weighted by molar-refractivity contribution is 6.39. The number of hydrogen-bond donors (Lipinski definition) is 2. The van der Waals surface area contributed by atoms with Crippen molar-refractivity contribution in [2.75, 3.05) is 5.32 Å². The lowest BCUT2D eigenvalue weighted by atomic mass is 10.1.